The molecule has 0 saturated heterocycles. The summed E-state index contributed by atoms with van der Waals surface area (Å²) in [6, 6.07) is 9.36. The fourth-order valence-electron chi connectivity index (χ4n) is 2.11. The van der Waals surface area contributed by atoms with Gasteiger partial charge in [0.1, 0.15) is 5.01 Å². The van der Waals surface area contributed by atoms with Gasteiger partial charge in [0.15, 0.2) is 11.8 Å². The van der Waals surface area contributed by atoms with E-state index in [1.165, 1.54) is 18.3 Å². The van der Waals surface area contributed by atoms with E-state index >= 15 is 0 Å². The number of benzene rings is 1. The van der Waals surface area contributed by atoms with E-state index in [-0.39, 0.29) is 11.6 Å². The third-order valence-electron chi connectivity index (χ3n) is 3.54. The molecule has 0 fully saturated rings. The van der Waals surface area contributed by atoms with Crippen molar-refractivity contribution in [3.8, 4) is 10.6 Å². The highest BCUT2D eigenvalue weighted by molar-refractivity contribution is 7.14. The summed E-state index contributed by atoms with van der Waals surface area (Å²) in [5.41, 5.74) is 2.82. The number of aromatic nitrogens is 1. The summed E-state index contributed by atoms with van der Waals surface area (Å²) < 4.78 is 5.24. The molecule has 25 heavy (non-hydrogen) atoms. The van der Waals surface area contributed by atoms with Crippen LogP contribution in [0.1, 0.15) is 23.0 Å². The van der Waals surface area contributed by atoms with Crippen molar-refractivity contribution in [2.75, 3.05) is 5.32 Å². The van der Waals surface area contributed by atoms with E-state index in [1.54, 1.807) is 22.8 Å². The summed E-state index contributed by atoms with van der Waals surface area (Å²) in [7, 11) is 0. The molecule has 0 aliphatic rings. The largest absolute Gasteiger partial charge is 0.448 e. The van der Waals surface area contributed by atoms with Crippen LogP contribution in [0.25, 0.3) is 10.6 Å². The second-order valence-electron chi connectivity index (χ2n) is 5.40. The topological polar surface area (TPSA) is 68.3 Å². The average Bonchev–Trinajstić information content (AvgIpc) is 3.28. The number of amides is 1. The van der Waals surface area contributed by atoms with Gasteiger partial charge in [0, 0.05) is 22.0 Å². The van der Waals surface area contributed by atoms with E-state index in [4.69, 9.17) is 4.74 Å². The van der Waals surface area contributed by atoms with Crippen molar-refractivity contribution in [2.45, 2.75) is 20.0 Å². The molecule has 0 bridgehead atoms. The maximum absolute atomic E-state index is 12.2. The molecular formula is C18H16N2O3S2. The van der Waals surface area contributed by atoms with Crippen LogP contribution in [0.3, 0.4) is 0 Å². The quantitative estimate of drug-likeness (QED) is 0.676. The first kappa shape index (κ1) is 17.3. The number of ether oxygens (including phenoxy) is 1. The first-order valence-corrected chi connectivity index (χ1v) is 9.42. The van der Waals surface area contributed by atoms with E-state index in [0.29, 0.717) is 5.69 Å². The van der Waals surface area contributed by atoms with Gasteiger partial charge in [-0.15, -0.1) is 11.3 Å². The van der Waals surface area contributed by atoms with E-state index in [2.05, 4.69) is 10.3 Å². The Balaban J connectivity index is 1.62. The first-order valence-electron chi connectivity index (χ1n) is 7.60. The number of thiazole rings is 1. The second kappa shape index (κ2) is 7.58. The number of aryl methyl sites for hydroxylation is 1. The fraction of sp³-hybridized carbons (Fsp3) is 0.167. The molecule has 1 amide bonds. The Bertz CT molecular complexity index is 887. The molecule has 1 unspecified atom stereocenters. The molecule has 5 nitrogen and oxygen atoms in total. The molecule has 2 heterocycles. The molecule has 0 aliphatic heterocycles. The van der Waals surface area contributed by atoms with Crippen molar-refractivity contribution in [1.82, 2.24) is 4.98 Å². The minimum atomic E-state index is -0.918. The normalized spacial score (nSPS) is 11.8. The van der Waals surface area contributed by atoms with Gasteiger partial charge < -0.3 is 10.1 Å². The molecule has 128 valence electrons. The number of esters is 1. The lowest BCUT2D eigenvalue weighted by atomic mass is 10.2. The SMILES string of the molecule is Cc1ccccc1NC(=O)C(C)OC(=O)c1csc(-c2ccsc2)n1. The molecule has 0 radical (unpaired) electrons. The number of carbonyl (C=O) groups is 2. The monoisotopic (exact) mass is 372 g/mol. The molecule has 2 aromatic heterocycles. The summed E-state index contributed by atoms with van der Waals surface area (Å²) >= 11 is 2.94. The Labute approximate surface area is 153 Å². The van der Waals surface area contributed by atoms with Crippen LogP contribution in [-0.4, -0.2) is 23.0 Å². The number of hydrogen-bond donors (Lipinski definition) is 1. The molecule has 1 atom stereocenters. The van der Waals surface area contributed by atoms with Gasteiger partial charge in [-0.05, 0) is 36.9 Å². The van der Waals surface area contributed by atoms with E-state index in [0.717, 1.165) is 16.1 Å². The average molecular weight is 372 g/mol. The van der Waals surface area contributed by atoms with Crippen LogP contribution in [0.15, 0.2) is 46.5 Å². The summed E-state index contributed by atoms with van der Waals surface area (Å²) in [4.78, 5) is 28.7. The van der Waals surface area contributed by atoms with E-state index in [9.17, 15) is 9.59 Å². The van der Waals surface area contributed by atoms with Crippen molar-refractivity contribution in [2.24, 2.45) is 0 Å². The van der Waals surface area contributed by atoms with Crippen LogP contribution in [0, 0.1) is 6.92 Å². The lowest BCUT2D eigenvalue weighted by Gasteiger charge is -2.14. The van der Waals surface area contributed by atoms with Crippen molar-refractivity contribution in [1.29, 1.82) is 0 Å². The zero-order valence-electron chi connectivity index (χ0n) is 13.7. The molecule has 0 aliphatic carbocycles. The number of nitrogens with one attached hydrogen (secondary N) is 1. The van der Waals surface area contributed by atoms with Gasteiger partial charge >= 0.3 is 5.97 Å². The number of hydrogen-bond acceptors (Lipinski definition) is 6. The number of thiophene rings is 1. The van der Waals surface area contributed by atoms with Gasteiger partial charge in [-0.1, -0.05) is 18.2 Å². The summed E-state index contributed by atoms with van der Waals surface area (Å²) in [5, 5.41) is 9.07. The Kier molecular flexibility index (Phi) is 5.25. The summed E-state index contributed by atoms with van der Waals surface area (Å²) in [6.45, 7) is 3.44. The minimum absolute atomic E-state index is 0.210. The van der Waals surface area contributed by atoms with Gasteiger partial charge in [0.05, 0.1) is 0 Å². The predicted octanol–water partition coefficient (Wildman–Crippen LogP) is 4.36. The van der Waals surface area contributed by atoms with Gasteiger partial charge in [-0.3, -0.25) is 4.79 Å². The van der Waals surface area contributed by atoms with Crippen LogP contribution >= 0.6 is 22.7 Å². The van der Waals surface area contributed by atoms with Crippen molar-refractivity contribution in [3.05, 3.63) is 57.7 Å². The lowest BCUT2D eigenvalue weighted by molar-refractivity contribution is -0.123. The lowest BCUT2D eigenvalue weighted by Crippen LogP contribution is -2.30. The number of anilines is 1. The predicted molar refractivity (Wildman–Crippen MR) is 100 cm³/mol. The maximum atomic E-state index is 12.2. The molecule has 0 saturated carbocycles. The molecule has 1 aromatic carbocycles. The van der Waals surface area contributed by atoms with Crippen molar-refractivity contribution in [3.63, 3.8) is 0 Å². The molecule has 3 rings (SSSR count). The van der Waals surface area contributed by atoms with Crippen molar-refractivity contribution < 1.29 is 14.3 Å². The Morgan fingerprint density at radius 2 is 2.00 bits per heavy atom. The Morgan fingerprint density at radius 1 is 1.20 bits per heavy atom. The van der Waals surface area contributed by atoms with Crippen LogP contribution in [0.4, 0.5) is 5.69 Å². The number of rotatable bonds is 5. The van der Waals surface area contributed by atoms with Crippen molar-refractivity contribution >= 4 is 40.2 Å². The Hall–Kier alpha value is -2.51. The molecular weight excluding hydrogens is 356 g/mol. The third kappa shape index (κ3) is 4.12. The van der Waals surface area contributed by atoms with Gasteiger partial charge in [-0.25, -0.2) is 9.78 Å². The highest BCUT2D eigenvalue weighted by atomic mass is 32.1. The van der Waals surface area contributed by atoms with Gasteiger partial charge in [-0.2, -0.15) is 11.3 Å². The third-order valence-corrected chi connectivity index (χ3v) is 5.11. The van der Waals surface area contributed by atoms with Crippen LogP contribution in [0.5, 0.6) is 0 Å². The van der Waals surface area contributed by atoms with E-state index in [1.807, 2.05) is 41.9 Å². The maximum Gasteiger partial charge on any atom is 0.358 e. The van der Waals surface area contributed by atoms with Crippen LogP contribution < -0.4 is 5.32 Å². The highest BCUT2D eigenvalue weighted by Gasteiger charge is 2.21. The van der Waals surface area contributed by atoms with Crippen LogP contribution in [-0.2, 0) is 9.53 Å². The molecule has 0 spiro atoms. The smallest absolute Gasteiger partial charge is 0.358 e. The summed E-state index contributed by atoms with van der Waals surface area (Å²) in [5.74, 6) is -0.985. The second-order valence-corrected chi connectivity index (χ2v) is 7.04. The van der Waals surface area contributed by atoms with Gasteiger partial charge in [0.25, 0.3) is 5.91 Å². The van der Waals surface area contributed by atoms with Crippen LogP contribution in [0.2, 0.25) is 0 Å². The summed E-state index contributed by atoms with van der Waals surface area (Å²) in [6.07, 6.45) is -0.918. The minimum Gasteiger partial charge on any atom is -0.448 e. The fourth-order valence-corrected chi connectivity index (χ4v) is 3.61. The van der Waals surface area contributed by atoms with E-state index < -0.39 is 12.1 Å². The Morgan fingerprint density at radius 3 is 2.72 bits per heavy atom. The standard InChI is InChI=1S/C18H16N2O3S2/c1-11-5-3-4-6-14(11)19-16(21)12(2)23-18(22)15-10-25-17(20-15)13-7-8-24-9-13/h3-10,12H,1-2H3,(H,19,21). The molecule has 1 N–H and O–H groups in total. The van der Waals surface area contributed by atoms with Gasteiger partial charge in [0.2, 0.25) is 0 Å². The number of carbonyl (C=O) groups excluding carboxylic acids is 2. The molecule has 7 heteroatoms. The number of para-hydroxylation sites is 1. The zero-order chi connectivity index (χ0) is 17.8. The molecule has 3 aromatic rings. The zero-order valence-corrected chi connectivity index (χ0v) is 15.3. The first-order chi connectivity index (χ1) is 12.0. The number of nitrogens with zero attached hydrogens (tertiary/aromatic N) is 1. The highest BCUT2D eigenvalue weighted by Crippen LogP contribution is 2.26.